The molecule has 0 N–H and O–H groups in total. The molecule has 0 atom stereocenters. The van der Waals surface area contributed by atoms with Crippen molar-refractivity contribution in [2.75, 3.05) is 0 Å². The van der Waals surface area contributed by atoms with Gasteiger partial charge in [-0.15, -0.1) is 16.4 Å². The van der Waals surface area contributed by atoms with Crippen LogP contribution in [0.4, 0.5) is 0 Å². The molecular weight excluding hydrogens is 488 g/mol. The van der Waals surface area contributed by atoms with Crippen molar-refractivity contribution in [2.24, 2.45) is 0 Å². The molecule has 0 saturated heterocycles. The van der Waals surface area contributed by atoms with Gasteiger partial charge in [0, 0.05) is 16.8 Å². The zero-order chi connectivity index (χ0) is 24.5. The molecule has 0 fully saturated rings. The summed E-state index contributed by atoms with van der Waals surface area (Å²) in [5, 5.41) is 15.5. The van der Waals surface area contributed by atoms with Gasteiger partial charge in [-0.2, -0.15) is 5.10 Å². The van der Waals surface area contributed by atoms with Gasteiger partial charge in [-0.1, -0.05) is 77.5 Å². The van der Waals surface area contributed by atoms with Crippen molar-refractivity contribution in [3.63, 3.8) is 0 Å². The molecule has 6 rings (SSSR count). The zero-order valence-corrected chi connectivity index (χ0v) is 21.0. The quantitative estimate of drug-likeness (QED) is 0.244. The van der Waals surface area contributed by atoms with Crippen molar-refractivity contribution in [1.29, 1.82) is 0 Å². The first-order valence-corrected chi connectivity index (χ1v) is 12.7. The number of aromatic nitrogens is 6. The van der Waals surface area contributed by atoms with Gasteiger partial charge in [0.15, 0.2) is 0 Å². The van der Waals surface area contributed by atoms with Crippen LogP contribution in [0.25, 0.3) is 38.1 Å². The lowest BCUT2D eigenvalue weighted by atomic mass is 10.1. The average molecular weight is 509 g/mol. The van der Waals surface area contributed by atoms with Crippen LogP contribution in [0.15, 0.2) is 97.3 Å². The molecule has 0 aliphatic carbocycles. The van der Waals surface area contributed by atoms with Gasteiger partial charge in [0.1, 0.15) is 16.4 Å². The molecule has 3 aromatic carbocycles. The molecule has 0 bridgehead atoms. The monoisotopic (exact) mass is 508 g/mol. The fraction of sp³-hybridized carbons (Fsp3) is 0.0714. The van der Waals surface area contributed by atoms with E-state index in [-0.39, 0.29) is 0 Å². The van der Waals surface area contributed by atoms with Crippen LogP contribution in [0.1, 0.15) is 11.3 Å². The van der Waals surface area contributed by atoms with Gasteiger partial charge in [0.2, 0.25) is 0 Å². The summed E-state index contributed by atoms with van der Waals surface area (Å²) in [5.41, 5.74) is 6.59. The highest BCUT2D eigenvalue weighted by Crippen LogP contribution is 2.39. The van der Waals surface area contributed by atoms with E-state index in [1.54, 1.807) is 11.3 Å². The van der Waals surface area contributed by atoms with Crippen LogP contribution >= 0.6 is 22.9 Å². The summed E-state index contributed by atoms with van der Waals surface area (Å²) in [6, 6.07) is 28.0. The number of halogens is 1. The lowest BCUT2D eigenvalue weighted by molar-refractivity contribution is 0.650. The average Bonchev–Trinajstić information content (AvgIpc) is 3.64. The van der Waals surface area contributed by atoms with Crippen molar-refractivity contribution in [2.45, 2.75) is 13.5 Å². The van der Waals surface area contributed by atoms with Gasteiger partial charge in [-0.05, 0) is 36.8 Å². The van der Waals surface area contributed by atoms with Crippen molar-refractivity contribution < 1.29 is 0 Å². The van der Waals surface area contributed by atoms with E-state index in [2.05, 4.69) is 22.4 Å². The number of para-hydroxylation sites is 1. The third kappa shape index (κ3) is 4.46. The van der Waals surface area contributed by atoms with Crippen LogP contribution < -0.4 is 0 Å². The van der Waals surface area contributed by atoms with E-state index in [1.165, 1.54) is 5.56 Å². The highest BCUT2D eigenvalue weighted by molar-refractivity contribution is 7.18. The zero-order valence-electron chi connectivity index (χ0n) is 19.4. The van der Waals surface area contributed by atoms with Crippen LogP contribution in [0.2, 0.25) is 5.02 Å². The Hall–Kier alpha value is -4.07. The first-order chi connectivity index (χ1) is 17.6. The lowest BCUT2D eigenvalue weighted by Crippen LogP contribution is -1.99. The fourth-order valence-corrected chi connectivity index (χ4v) is 5.24. The third-order valence-electron chi connectivity index (χ3n) is 5.84. The predicted molar refractivity (Wildman–Crippen MR) is 144 cm³/mol. The number of nitrogens with zero attached hydrogens (tertiary/aromatic N) is 6. The summed E-state index contributed by atoms with van der Waals surface area (Å²) in [6.07, 6.45) is 3.99. The van der Waals surface area contributed by atoms with E-state index in [0.29, 0.717) is 11.6 Å². The summed E-state index contributed by atoms with van der Waals surface area (Å²) in [6.45, 7) is 2.67. The van der Waals surface area contributed by atoms with Crippen molar-refractivity contribution in [3.05, 3.63) is 114 Å². The Morgan fingerprint density at radius 1 is 0.861 bits per heavy atom. The van der Waals surface area contributed by atoms with E-state index in [0.717, 1.165) is 43.8 Å². The standard InChI is InChI=1S/C28H21ClN6S/c1-19-27(36-28(30-19)21-12-14-22(29)15-13-21)26-24(17-35(32-26)23-10-6-3-7-11-23)25-18-34(33-31-25)16-20-8-4-2-5-9-20/h2-15,17-18H,16H2,1H3. The number of rotatable bonds is 6. The summed E-state index contributed by atoms with van der Waals surface area (Å²) in [7, 11) is 0. The maximum atomic E-state index is 6.09. The second kappa shape index (κ2) is 9.53. The molecule has 3 heterocycles. The second-order valence-electron chi connectivity index (χ2n) is 8.40. The molecular formula is C28H21ClN6S. The molecule has 176 valence electrons. The SMILES string of the molecule is Cc1nc(-c2ccc(Cl)cc2)sc1-c1nn(-c2ccccc2)cc1-c1cn(Cc2ccccc2)nn1. The topological polar surface area (TPSA) is 61.4 Å². The molecule has 8 heteroatoms. The molecule has 0 aliphatic heterocycles. The van der Waals surface area contributed by atoms with E-state index >= 15 is 0 Å². The largest absolute Gasteiger partial charge is 0.247 e. The van der Waals surface area contributed by atoms with E-state index < -0.39 is 0 Å². The summed E-state index contributed by atoms with van der Waals surface area (Å²) >= 11 is 7.70. The molecule has 3 aromatic heterocycles. The predicted octanol–water partition coefficient (Wildman–Crippen LogP) is 6.93. The van der Waals surface area contributed by atoms with Crippen LogP contribution in [0.3, 0.4) is 0 Å². The molecule has 6 aromatic rings. The van der Waals surface area contributed by atoms with Gasteiger partial charge < -0.3 is 0 Å². The van der Waals surface area contributed by atoms with E-state index in [1.807, 2.05) is 101 Å². The lowest BCUT2D eigenvalue weighted by Gasteiger charge is -1.99. The molecule has 6 nitrogen and oxygen atoms in total. The van der Waals surface area contributed by atoms with Crippen LogP contribution in [-0.2, 0) is 6.54 Å². The Kier molecular flexibility index (Phi) is 5.93. The number of thiazole rings is 1. The Morgan fingerprint density at radius 2 is 1.58 bits per heavy atom. The van der Waals surface area contributed by atoms with Gasteiger partial charge in [-0.3, -0.25) is 0 Å². The molecule has 36 heavy (non-hydrogen) atoms. The first-order valence-electron chi connectivity index (χ1n) is 11.5. The summed E-state index contributed by atoms with van der Waals surface area (Å²) in [4.78, 5) is 5.85. The van der Waals surface area contributed by atoms with E-state index in [4.69, 9.17) is 21.7 Å². The molecule has 0 saturated carbocycles. The van der Waals surface area contributed by atoms with Gasteiger partial charge in [0.05, 0.1) is 34.6 Å². The Labute approximate surface area is 217 Å². The molecule has 0 amide bonds. The minimum Gasteiger partial charge on any atom is -0.247 e. The summed E-state index contributed by atoms with van der Waals surface area (Å²) in [5.74, 6) is 0. The van der Waals surface area contributed by atoms with Crippen LogP contribution in [0, 0.1) is 6.92 Å². The first kappa shape index (κ1) is 22.4. The number of benzene rings is 3. The highest BCUT2D eigenvalue weighted by atomic mass is 35.5. The molecule has 0 radical (unpaired) electrons. The highest BCUT2D eigenvalue weighted by Gasteiger charge is 2.22. The van der Waals surface area contributed by atoms with Crippen molar-refractivity contribution in [3.8, 4) is 38.1 Å². The van der Waals surface area contributed by atoms with Crippen LogP contribution in [0.5, 0.6) is 0 Å². The Morgan fingerprint density at radius 3 is 2.33 bits per heavy atom. The normalized spacial score (nSPS) is 11.2. The minimum absolute atomic E-state index is 0.649. The Bertz CT molecular complexity index is 1620. The number of hydrogen-bond acceptors (Lipinski definition) is 5. The number of hydrogen-bond donors (Lipinski definition) is 0. The maximum Gasteiger partial charge on any atom is 0.124 e. The minimum atomic E-state index is 0.649. The van der Waals surface area contributed by atoms with Crippen molar-refractivity contribution >= 4 is 22.9 Å². The Balaban J connectivity index is 1.43. The van der Waals surface area contributed by atoms with Crippen molar-refractivity contribution in [1.82, 2.24) is 29.8 Å². The maximum absolute atomic E-state index is 6.09. The van der Waals surface area contributed by atoms with Gasteiger partial charge >= 0.3 is 0 Å². The molecule has 0 aliphatic rings. The van der Waals surface area contributed by atoms with Gasteiger partial charge in [-0.25, -0.2) is 14.3 Å². The molecule has 0 spiro atoms. The van der Waals surface area contributed by atoms with Crippen LogP contribution in [-0.4, -0.2) is 29.8 Å². The second-order valence-corrected chi connectivity index (χ2v) is 9.83. The van der Waals surface area contributed by atoms with Gasteiger partial charge in [0.25, 0.3) is 0 Å². The third-order valence-corrected chi connectivity index (χ3v) is 7.31. The van der Waals surface area contributed by atoms with E-state index in [9.17, 15) is 0 Å². The molecule has 0 unspecified atom stereocenters. The fourth-order valence-electron chi connectivity index (χ4n) is 4.04. The number of aryl methyl sites for hydroxylation is 1. The summed E-state index contributed by atoms with van der Waals surface area (Å²) < 4.78 is 3.75. The smallest absolute Gasteiger partial charge is 0.124 e.